The van der Waals surface area contributed by atoms with Gasteiger partial charge in [-0.15, -0.1) is 0 Å². The maximum Gasteiger partial charge on any atom is 0.494 e. The smallest absolute Gasteiger partial charge is 0.478 e. The van der Waals surface area contributed by atoms with Gasteiger partial charge in [-0.1, -0.05) is 64.1 Å². The van der Waals surface area contributed by atoms with E-state index in [0.29, 0.717) is 12.0 Å². The molecule has 0 aromatic heterocycles. The number of aliphatic carboxylic acids is 1. The van der Waals surface area contributed by atoms with Crippen molar-refractivity contribution in [1.82, 2.24) is 0 Å². The summed E-state index contributed by atoms with van der Waals surface area (Å²) in [6.07, 6.45) is 2.55. The van der Waals surface area contributed by atoms with E-state index in [2.05, 4.69) is 20.8 Å². The van der Waals surface area contributed by atoms with Gasteiger partial charge in [0.05, 0.1) is 12.7 Å². The molecule has 7 nitrogen and oxygen atoms in total. The highest BCUT2D eigenvalue weighted by Gasteiger charge is 2.69. The first-order chi connectivity index (χ1) is 20.9. The highest BCUT2D eigenvalue weighted by Crippen LogP contribution is 2.70. The van der Waals surface area contributed by atoms with Crippen LogP contribution in [-0.2, 0) is 32.0 Å². The number of halogens is 1. The second-order valence-electron chi connectivity index (χ2n) is 14.4. The zero-order valence-electron chi connectivity index (χ0n) is 26.3. The fourth-order valence-electron chi connectivity index (χ4n) is 10.1. The molecule has 1 unspecified atom stereocenters. The number of Topliss-reactive ketones (excluding diaryl/α,β-unsaturated/α-hetero) is 1. The molecule has 236 valence electrons. The number of methoxy groups -OCH3 is 1. The number of hydrogen-bond acceptors (Lipinski definition) is 6. The number of carbonyl (C=O) groups is 2. The standard InChI is InChI=1S/C35H44BFO7/c1-20-13-15-35-16-14-26(42-5)30(35)34(20,4)24(18-33(3,31(38)21(35)2)17-22-9-7-6-8-10-22)29(32(39)40)44-25-12-11-23-19-43-36(41)27(23)28(25)37/h6-12,20-21,24,26,29-30,41H,13-19H2,1-5H3,(H,39,40)/t20-,21+,24+,26-,29?,30-,33+,34-,35+/m1/s1. The molecule has 2 aromatic rings. The Bertz CT molecular complexity index is 1440. The van der Waals surface area contributed by atoms with Crippen molar-refractivity contribution in [3.8, 4) is 5.75 Å². The van der Waals surface area contributed by atoms with Crippen molar-refractivity contribution in [2.75, 3.05) is 7.11 Å². The van der Waals surface area contributed by atoms with Crippen LogP contribution in [-0.4, -0.2) is 48.3 Å². The molecular formula is C35H44BFO7. The Hall–Kier alpha value is -2.75. The van der Waals surface area contributed by atoms with Gasteiger partial charge < -0.3 is 24.3 Å². The molecule has 3 fully saturated rings. The number of carbonyl (C=O) groups excluding carboxylic acids is 1. The third-order valence-corrected chi connectivity index (χ3v) is 12.5. The van der Waals surface area contributed by atoms with Crippen LogP contribution in [0.2, 0.25) is 0 Å². The van der Waals surface area contributed by atoms with Crippen LogP contribution in [0.3, 0.4) is 0 Å². The Labute approximate surface area is 259 Å². The Balaban J connectivity index is 1.52. The second-order valence-corrected chi connectivity index (χ2v) is 14.4. The number of rotatable bonds is 7. The summed E-state index contributed by atoms with van der Waals surface area (Å²) in [6.45, 7) is 8.51. The van der Waals surface area contributed by atoms with Crippen LogP contribution < -0.4 is 10.2 Å². The quantitative estimate of drug-likeness (QED) is 0.418. The van der Waals surface area contributed by atoms with Crippen LogP contribution in [0.15, 0.2) is 42.5 Å². The van der Waals surface area contributed by atoms with E-state index >= 15 is 4.39 Å². The molecule has 3 aliphatic carbocycles. The maximum absolute atomic E-state index is 15.8. The summed E-state index contributed by atoms with van der Waals surface area (Å²) in [5.74, 6) is -2.94. The lowest BCUT2D eigenvalue weighted by atomic mass is 9.41. The Morgan fingerprint density at radius 3 is 2.52 bits per heavy atom. The van der Waals surface area contributed by atoms with Gasteiger partial charge in [-0.25, -0.2) is 9.18 Å². The molecule has 0 radical (unpaired) electrons. The van der Waals surface area contributed by atoms with E-state index in [0.717, 1.165) is 31.2 Å². The lowest BCUT2D eigenvalue weighted by Gasteiger charge is -2.63. The van der Waals surface area contributed by atoms with Gasteiger partial charge >= 0.3 is 13.1 Å². The van der Waals surface area contributed by atoms with E-state index in [9.17, 15) is 19.7 Å². The van der Waals surface area contributed by atoms with E-state index < -0.39 is 41.8 Å². The zero-order valence-corrected chi connectivity index (χ0v) is 26.3. The average Bonchev–Trinajstić information content (AvgIpc) is 3.59. The van der Waals surface area contributed by atoms with Crippen LogP contribution in [0.5, 0.6) is 5.75 Å². The summed E-state index contributed by atoms with van der Waals surface area (Å²) in [4.78, 5) is 28.2. The number of carboxylic acid groups (broad SMARTS) is 1. The van der Waals surface area contributed by atoms with Gasteiger partial charge in [-0.05, 0) is 78.4 Å². The molecule has 0 amide bonds. The molecule has 3 saturated carbocycles. The van der Waals surface area contributed by atoms with Gasteiger partial charge in [0, 0.05) is 29.8 Å². The first-order valence-electron chi connectivity index (χ1n) is 16.0. The van der Waals surface area contributed by atoms with E-state index in [-0.39, 0.29) is 59.3 Å². The van der Waals surface area contributed by atoms with Gasteiger partial charge in [0.15, 0.2) is 17.7 Å². The second kappa shape index (κ2) is 11.3. The third-order valence-electron chi connectivity index (χ3n) is 12.5. The first-order valence-corrected chi connectivity index (χ1v) is 16.0. The molecule has 0 spiro atoms. The number of ketones is 1. The molecule has 2 bridgehead atoms. The Morgan fingerprint density at radius 1 is 1.14 bits per heavy atom. The minimum Gasteiger partial charge on any atom is -0.478 e. The lowest BCUT2D eigenvalue weighted by molar-refractivity contribution is -0.194. The molecule has 2 aromatic carbocycles. The van der Waals surface area contributed by atoms with Crippen LogP contribution in [0.25, 0.3) is 0 Å². The molecule has 2 N–H and O–H groups in total. The number of fused-ring (bicyclic) bond motifs is 1. The van der Waals surface area contributed by atoms with Crippen LogP contribution >= 0.6 is 0 Å². The number of ether oxygens (including phenoxy) is 2. The first kappa shape index (κ1) is 31.2. The molecule has 6 rings (SSSR count). The Kier molecular flexibility index (Phi) is 7.99. The molecule has 9 atom stereocenters. The summed E-state index contributed by atoms with van der Waals surface area (Å²) in [5.41, 5.74) is -0.319. The Morgan fingerprint density at radius 2 is 1.84 bits per heavy atom. The average molecular weight is 607 g/mol. The zero-order chi connectivity index (χ0) is 31.6. The van der Waals surface area contributed by atoms with Crippen molar-refractivity contribution in [1.29, 1.82) is 0 Å². The molecule has 1 heterocycles. The van der Waals surface area contributed by atoms with Gasteiger partial charge in [0.25, 0.3) is 0 Å². The molecule has 44 heavy (non-hydrogen) atoms. The van der Waals surface area contributed by atoms with Crippen molar-refractivity contribution < 1.29 is 38.2 Å². The van der Waals surface area contributed by atoms with Crippen LogP contribution in [0, 0.1) is 45.7 Å². The molecule has 0 saturated heterocycles. The van der Waals surface area contributed by atoms with E-state index in [1.165, 1.54) is 6.07 Å². The van der Waals surface area contributed by atoms with Crippen molar-refractivity contribution >= 4 is 24.3 Å². The van der Waals surface area contributed by atoms with E-state index in [1.807, 2.05) is 37.3 Å². The molecular weight excluding hydrogens is 562 g/mol. The monoisotopic (exact) mass is 606 g/mol. The van der Waals surface area contributed by atoms with Gasteiger partial charge in [-0.2, -0.15) is 0 Å². The fraction of sp³-hybridized carbons (Fsp3) is 0.600. The van der Waals surface area contributed by atoms with Crippen molar-refractivity contribution in [3.63, 3.8) is 0 Å². The highest BCUT2D eigenvalue weighted by molar-refractivity contribution is 6.61. The molecule has 1 aliphatic heterocycles. The van der Waals surface area contributed by atoms with Crippen molar-refractivity contribution in [2.24, 2.45) is 39.9 Å². The normalized spacial score (nSPS) is 37.1. The molecule has 9 heteroatoms. The predicted octanol–water partition coefficient (Wildman–Crippen LogP) is 5.20. The van der Waals surface area contributed by atoms with Crippen LogP contribution in [0.1, 0.15) is 70.9 Å². The lowest BCUT2D eigenvalue weighted by Crippen LogP contribution is -2.64. The summed E-state index contributed by atoms with van der Waals surface area (Å²) in [5, 5.41) is 21.2. The molecule has 4 aliphatic rings. The van der Waals surface area contributed by atoms with Gasteiger partial charge in [0.1, 0.15) is 5.78 Å². The fourth-order valence-corrected chi connectivity index (χ4v) is 10.1. The highest BCUT2D eigenvalue weighted by atomic mass is 19.1. The SMILES string of the molecule is CO[C@@H]1CC[C@@]23CC[C@@H](C)[C@](C)([C@H](C(Oc4ccc5c(c4F)B(O)OC5)C(=O)O)C[C@](C)(Cc4ccccc4)C(=O)[C@@H]2C)[C@@H]13. The van der Waals surface area contributed by atoms with Gasteiger partial charge in [0.2, 0.25) is 0 Å². The third kappa shape index (κ3) is 4.64. The summed E-state index contributed by atoms with van der Waals surface area (Å²) in [7, 11) is 0.273. The minimum absolute atomic E-state index is 0.0197. The van der Waals surface area contributed by atoms with E-state index in [4.69, 9.17) is 14.1 Å². The summed E-state index contributed by atoms with van der Waals surface area (Å²) in [6, 6.07) is 12.9. The summed E-state index contributed by atoms with van der Waals surface area (Å²) >= 11 is 0. The number of benzene rings is 2. The van der Waals surface area contributed by atoms with Crippen molar-refractivity contribution in [3.05, 3.63) is 59.4 Å². The minimum atomic E-state index is -1.44. The number of hydrogen-bond donors (Lipinski definition) is 2. The number of carboxylic acids is 1. The van der Waals surface area contributed by atoms with E-state index in [1.54, 1.807) is 13.2 Å². The predicted molar refractivity (Wildman–Crippen MR) is 164 cm³/mol. The maximum atomic E-state index is 15.8. The van der Waals surface area contributed by atoms with Crippen molar-refractivity contribution in [2.45, 2.75) is 85.0 Å². The largest absolute Gasteiger partial charge is 0.494 e. The summed E-state index contributed by atoms with van der Waals surface area (Å²) < 4.78 is 33.4. The van der Waals surface area contributed by atoms with Crippen LogP contribution in [0.4, 0.5) is 4.39 Å². The van der Waals surface area contributed by atoms with Gasteiger partial charge in [-0.3, -0.25) is 4.79 Å². The topological polar surface area (TPSA) is 102 Å².